The summed E-state index contributed by atoms with van der Waals surface area (Å²) in [5.74, 6) is 0.756. The van der Waals surface area contributed by atoms with Crippen LogP contribution in [-0.4, -0.2) is 30.8 Å². The topological polar surface area (TPSA) is 67.8 Å². The number of aliphatic hydroxyl groups is 1. The molecule has 1 atom stereocenters. The number of nitrogens with one attached hydrogen (secondary N) is 1. The Morgan fingerprint density at radius 3 is 2.76 bits per heavy atom. The lowest BCUT2D eigenvalue weighted by molar-refractivity contribution is -0.123. The van der Waals surface area contributed by atoms with Gasteiger partial charge in [0.05, 0.1) is 18.2 Å². The summed E-state index contributed by atoms with van der Waals surface area (Å²) in [7, 11) is 1.51. The monoisotopic (exact) mass is 359 g/mol. The molecule has 6 heteroatoms. The molecule has 0 aliphatic carbocycles. The molecule has 0 aliphatic heterocycles. The molecular formula is C15H22BrNO4. The quantitative estimate of drug-likeness (QED) is 0.748. The number of hydrogen-bond donors (Lipinski definition) is 2. The van der Waals surface area contributed by atoms with Crippen molar-refractivity contribution < 1.29 is 19.4 Å². The normalized spacial score (nSPS) is 11.9. The Hall–Kier alpha value is -1.27. The summed E-state index contributed by atoms with van der Waals surface area (Å²) >= 11 is 3.36. The van der Waals surface area contributed by atoms with E-state index < -0.39 is 0 Å². The lowest BCUT2D eigenvalue weighted by atomic mass is 10.2. The molecule has 1 aromatic rings. The number of aliphatic hydroxyl groups excluding tert-OH is 1. The largest absolute Gasteiger partial charge is 0.493 e. The molecule has 0 radical (unpaired) electrons. The van der Waals surface area contributed by atoms with Crippen LogP contribution in [0.2, 0.25) is 0 Å². The van der Waals surface area contributed by atoms with Crippen LogP contribution in [0.3, 0.4) is 0 Å². The maximum absolute atomic E-state index is 11.8. The Kier molecular flexibility index (Phi) is 7.53. The molecule has 0 aliphatic rings. The van der Waals surface area contributed by atoms with Crippen molar-refractivity contribution in [3.63, 3.8) is 0 Å². The van der Waals surface area contributed by atoms with Crippen molar-refractivity contribution in [2.75, 3.05) is 13.7 Å². The van der Waals surface area contributed by atoms with Gasteiger partial charge in [0.1, 0.15) is 0 Å². The number of hydrogen-bond acceptors (Lipinski definition) is 4. The van der Waals surface area contributed by atoms with Gasteiger partial charge in [-0.05, 0) is 47.0 Å². The molecule has 0 aromatic heterocycles. The summed E-state index contributed by atoms with van der Waals surface area (Å²) in [6.45, 7) is 3.86. The Labute approximate surface area is 133 Å². The summed E-state index contributed by atoms with van der Waals surface area (Å²) in [6.07, 6.45) is 1.95. The van der Waals surface area contributed by atoms with Gasteiger partial charge in [-0.15, -0.1) is 0 Å². The fraction of sp³-hybridized carbons (Fsp3) is 0.533. The molecule has 2 N–H and O–H groups in total. The van der Waals surface area contributed by atoms with E-state index >= 15 is 0 Å². The van der Waals surface area contributed by atoms with Crippen molar-refractivity contribution in [3.05, 3.63) is 22.2 Å². The van der Waals surface area contributed by atoms with Gasteiger partial charge in [-0.2, -0.15) is 0 Å². The number of carbonyl (C=O) groups excluding carboxylic acids is 1. The summed E-state index contributed by atoms with van der Waals surface area (Å²) in [5, 5.41) is 12.0. The fourth-order valence-electron chi connectivity index (χ4n) is 1.96. The predicted octanol–water partition coefficient (Wildman–Crippen LogP) is 2.63. The van der Waals surface area contributed by atoms with Crippen molar-refractivity contribution in [2.45, 2.75) is 39.3 Å². The maximum atomic E-state index is 11.8. The van der Waals surface area contributed by atoms with E-state index in [0.717, 1.165) is 12.8 Å². The lowest BCUT2D eigenvalue weighted by Gasteiger charge is -2.16. The first-order chi connectivity index (χ1) is 10.0. The van der Waals surface area contributed by atoms with Crippen LogP contribution in [0.5, 0.6) is 11.5 Å². The molecule has 1 aromatic carbocycles. The van der Waals surface area contributed by atoms with Crippen LogP contribution in [0.15, 0.2) is 16.6 Å². The zero-order chi connectivity index (χ0) is 15.8. The summed E-state index contributed by atoms with van der Waals surface area (Å²) in [6, 6.07) is 3.54. The fourth-order valence-corrected chi connectivity index (χ4v) is 2.57. The zero-order valence-electron chi connectivity index (χ0n) is 12.6. The van der Waals surface area contributed by atoms with Gasteiger partial charge in [0.25, 0.3) is 5.91 Å². The third kappa shape index (κ3) is 5.55. The first-order valence-corrected chi connectivity index (χ1v) is 7.70. The SMILES string of the molecule is CCCC(C)NC(=O)COc1c(Br)cc(CO)cc1OC. The lowest BCUT2D eigenvalue weighted by Crippen LogP contribution is -2.36. The van der Waals surface area contributed by atoms with Crippen molar-refractivity contribution >= 4 is 21.8 Å². The van der Waals surface area contributed by atoms with Crippen LogP contribution in [-0.2, 0) is 11.4 Å². The van der Waals surface area contributed by atoms with Gasteiger partial charge in [-0.1, -0.05) is 13.3 Å². The highest BCUT2D eigenvalue weighted by molar-refractivity contribution is 9.10. The molecule has 118 valence electrons. The molecule has 0 heterocycles. The van der Waals surface area contributed by atoms with Crippen molar-refractivity contribution in [1.82, 2.24) is 5.32 Å². The molecule has 0 saturated carbocycles. The Morgan fingerprint density at radius 1 is 1.48 bits per heavy atom. The molecule has 0 bridgehead atoms. The summed E-state index contributed by atoms with van der Waals surface area (Å²) in [5.41, 5.74) is 0.701. The first-order valence-electron chi connectivity index (χ1n) is 6.91. The summed E-state index contributed by atoms with van der Waals surface area (Å²) in [4.78, 5) is 11.8. The van der Waals surface area contributed by atoms with Gasteiger partial charge in [-0.25, -0.2) is 0 Å². The second-order valence-electron chi connectivity index (χ2n) is 4.81. The van der Waals surface area contributed by atoms with E-state index in [2.05, 4.69) is 28.2 Å². The van der Waals surface area contributed by atoms with Gasteiger partial charge in [0.15, 0.2) is 18.1 Å². The second kappa shape index (κ2) is 8.89. The van der Waals surface area contributed by atoms with Crippen LogP contribution >= 0.6 is 15.9 Å². The Balaban J connectivity index is 2.68. The second-order valence-corrected chi connectivity index (χ2v) is 5.67. The molecule has 5 nitrogen and oxygen atoms in total. The van der Waals surface area contributed by atoms with Crippen LogP contribution in [0, 0.1) is 0 Å². The molecule has 0 fully saturated rings. The van der Waals surface area contributed by atoms with Gasteiger partial charge >= 0.3 is 0 Å². The van der Waals surface area contributed by atoms with Crippen molar-refractivity contribution in [2.24, 2.45) is 0 Å². The minimum atomic E-state index is -0.170. The average Bonchev–Trinajstić information content (AvgIpc) is 2.45. The third-order valence-electron chi connectivity index (χ3n) is 2.95. The van der Waals surface area contributed by atoms with Crippen LogP contribution < -0.4 is 14.8 Å². The molecular weight excluding hydrogens is 338 g/mol. The molecule has 0 spiro atoms. The van der Waals surface area contributed by atoms with Crippen LogP contribution in [0.25, 0.3) is 0 Å². The standard InChI is InChI=1S/C15H22BrNO4/c1-4-5-10(2)17-14(19)9-21-15-12(16)6-11(8-18)7-13(15)20-3/h6-7,10,18H,4-5,8-9H2,1-3H3,(H,17,19). The van der Waals surface area contributed by atoms with E-state index in [0.29, 0.717) is 21.5 Å². The Morgan fingerprint density at radius 2 is 2.19 bits per heavy atom. The molecule has 1 unspecified atom stereocenters. The molecule has 0 saturated heterocycles. The highest BCUT2D eigenvalue weighted by Gasteiger charge is 2.14. The number of halogens is 1. The van der Waals surface area contributed by atoms with Gasteiger partial charge < -0.3 is 19.9 Å². The van der Waals surface area contributed by atoms with Crippen LogP contribution in [0.1, 0.15) is 32.3 Å². The number of methoxy groups -OCH3 is 1. The van der Waals surface area contributed by atoms with E-state index in [1.807, 2.05) is 6.92 Å². The van der Waals surface area contributed by atoms with E-state index in [1.165, 1.54) is 7.11 Å². The van der Waals surface area contributed by atoms with Gasteiger partial charge in [0.2, 0.25) is 0 Å². The van der Waals surface area contributed by atoms with E-state index in [4.69, 9.17) is 14.6 Å². The molecule has 21 heavy (non-hydrogen) atoms. The number of rotatable bonds is 8. The minimum Gasteiger partial charge on any atom is -0.493 e. The number of benzene rings is 1. The van der Waals surface area contributed by atoms with Gasteiger partial charge in [0, 0.05) is 6.04 Å². The summed E-state index contributed by atoms with van der Waals surface area (Å²) < 4.78 is 11.4. The van der Waals surface area contributed by atoms with Gasteiger partial charge in [-0.3, -0.25) is 4.79 Å². The maximum Gasteiger partial charge on any atom is 0.258 e. The molecule has 1 amide bonds. The highest BCUT2D eigenvalue weighted by Crippen LogP contribution is 2.36. The van der Waals surface area contributed by atoms with E-state index in [-0.39, 0.29) is 25.2 Å². The smallest absolute Gasteiger partial charge is 0.258 e. The first kappa shape index (κ1) is 17.8. The molecule has 1 rings (SSSR count). The average molecular weight is 360 g/mol. The van der Waals surface area contributed by atoms with E-state index in [1.54, 1.807) is 12.1 Å². The van der Waals surface area contributed by atoms with Crippen molar-refractivity contribution in [3.8, 4) is 11.5 Å². The van der Waals surface area contributed by atoms with Crippen molar-refractivity contribution in [1.29, 1.82) is 0 Å². The van der Waals surface area contributed by atoms with E-state index in [9.17, 15) is 4.79 Å². The minimum absolute atomic E-state index is 0.0819. The number of carbonyl (C=O) groups is 1. The predicted molar refractivity (Wildman–Crippen MR) is 84.6 cm³/mol. The zero-order valence-corrected chi connectivity index (χ0v) is 14.2. The highest BCUT2D eigenvalue weighted by atomic mass is 79.9. The Bertz CT molecular complexity index is 479. The number of amides is 1. The third-order valence-corrected chi connectivity index (χ3v) is 3.54. The number of ether oxygens (including phenoxy) is 2. The van der Waals surface area contributed by atoms with Crippen LogP contribution in [0.4, 0.5) is 0 Å².